The topological polar surface area (TPSA) is 43.4 Å². The van der Waals surface area contributed by atoms with Gasteiger partial charge in [0.25, 0.3) is 0 Å². The van der Waals surface area contributed by atoms with Crippen molar-refractivity contribution in [2.45, 2.75) is 24.7 Å². The Morgan fingerprint density at radius 3 is 1.91 bits per heavy atom. The summed E-state index contributed by atoms with van der Waals surface area (Å²) in [5.74, 6) is -12.9. The third-order valence-electron chi connectivity index (χ3n) is 6.69. The van der Waals surface area contributed by atoms with Crippen molar-refractivity contribution in [1.29, 1.82) is 0 Å². The lowest BCUT2D eigenvalue weighted by Gasteiger charge is -2.45. The number of hydrogen-bond acceptors (Lipinski definition) is 3. The van der Waals surface area contributed by atoms with Crippen LogP contribution >= 0.6 is 0 Å². The lowest BCUT2D eigenvalue weighted by Crippen LogP contribution is -2.60. The summed E-state index contributed by atoms with van der Waals surface area (Å²) in [5, 5.41) is 0. The number of cyclic esters (lactones) is 2. The number of fused-ring (bicyclic) bond motifs is 3. The number of ether oxygens (including phenoxy) is 1. The van der Waals surface area contributed by atoms with Gasteiger partial charge in [-0.1, -0.05) is 12.2 Å². The third-order valence-corrected chi connectivity index (χ3v) is 6.69. The Balaban J connectivity index is 1.48. The van der Waals surface area contributed by atoms with Gasteiger partial charge in [0.05, 0.1) is 11.8 Å². The van der Waals surface area contributed by atoms with Crippen molar-refractivity contribution in [1.82, 2.24) is 0 Å². The number of allylic oxidation sites excluding steroid dienone is 2. The molecule has 0 unspecified atom stereocenters. The van der Waals surface area contributed by atoms with Gasteiger partial charge in [-0.25, -0.2) is 0 Å². The van der Waals surface area contributed by atoms with Gasteiger partial charge in [0, 0.05) is 12.3 Å². The fourth-order valence-electron chi connectivity index (χ4n) is 5.68. The summed E-state index contributed by atoms with van der Waals surface area (Å²) < 4.78 is 58.2. The molecule has 7 heteroatoms. The maximum atomic E-state index is 13.7. The quantitative estimate of drug-likeness (QED) is 0.323. The van der Waals surface area contributed by atoms with E-state index in [1.807, 2.05) is 0 Å². The molecule has 3 nitrogen and oxygen atoms in total. The van der Waals surface area contributed by atoms with Crippen molar-refractivity contribution >= 4 is 11.9 Å². The molecule has 118 valence electrons. The van der Waals surface area contributed by atoms with Crippen LogP contribution in [-0.2, 0) is 14.3 Å². The number of hydrogen-bond donors (Lipinski definition) is 0. The van der Waals surface area contributed by atoms with E-state index in [9.17, 15) is 27.2 Å². The molecule has 3 saturated carbocycles. The van der Waals surface area contributed by atoms with Gasteiger partial charge in [0.15, 0.2) is 0 Å². The summed E-state index contributed by atoms with van der Waals surface area (Å²) >= 11 is 0. The van der Waals surface area contributed by atoms with Gasteiger partial charge in [0.1, 0.15) is 0 Å². The van der Waals surface area contributed by atoms with Crippen LogP contribution in [0.2, 0.25) is 0 Å². The second-order valence-corrected chi connectivity index (χ2v) is 7.29. The van der Waals surface area contributed by atoms with Gasteiger partial charge >= 0.3 is 23.8 Å². The molecule has 22 heavy (non-hydrogen) atoms. The fraction of sp³-hybridized carbons (Fsp3) is 0.733. The van der Waals surface area contributed by atoms with E-state index in [-0.39, 0.29) is 11.8 Å². The maximum Gasteiger partial charge on any atom is 0.318 e. The highest BCUT2D eigenvalue weighted by Crippen LogP contribution is 2.81. The largest absolute Gasteiger partial charge is 0.393 e. The molecule has 0 N–H and O–H groups in total. The zero-order valence-corrected chi connectivity index (χ0v) is 11.3. The molecule has 1 heterocycles. The monoisotopic (exact) mass is 316 g/mol. The Morgan fingerprint density at radius 1 is 0.909 bits per heavy atom. The summed E-state index contributed by atoms with van der Waals surface area (Å²) in [5.41, 5.74) is -0.602. The Labute approximate surface area is 122 Å². The normalized spacial score (nSPS) is 55.3. The van der Waals surface area contributed by atoms with E-state index in [1.54, 1.807) is 12.2 Å². The predicted molar refractivity (Wildman–Crippen MR) is 62.7 cm³/mol. The smallest absolute Gasteiger partial charge is 0.318 e. The summed E-state index contributed by atoms with van der Waals surface area (Å²) in [6, 6.07) is 0. The van der Waals surface area contributed by atoms with Crippen LogP contribution < -0.4 is 0 Å². The molecule has 0 aromatic rings. The number of halogens is 4. The first-order chi connectivity index (χ1) is 10.2. The van der Waals surface area contributed by atoms with Crippen molar-refractivity contribution in [3.8, 4) is 0 Å². The molecule has 4 fully saturated rings. The molecular weight excluding hydrogens is 304 g/mol. The first kappa shape index (κ1) is 13.1. The minimum absolute atomic E-state index is 0.323. The van der Waals surface area contributed by atoms with Gasteiger partial charge in [-0.3, -0.25) is 9.59 Å². The standard InChI is InChI=1S/C15H12F4O3/c16-14(17)4-8(15(14,18)19)7-3-13(7)5-1-2-6(13)10-9(5)11(20)22-12(10)21/h1-2,5-10H,3-4H2/t5-,6-,7-,8+,9-,10-/m1/s1. The molecule has 4 aliphatic carbocycles. The zero-order valence-electron chi connectivity index (χ0n) is 11.3. The van der Waals surface area contributed by atoms with E-state index < -0.39 is 59.3 Å². The summed E-state index contributed by atoms with van der Waals surface area (Å²) in [7, 11) is 0. The van der Waals surface area contributed by atoms with Crippen LogP contribution in [0.1, 0.15) is 12.8 Å². The molecule has 5 rings (SSSR count). The van der Waals surface area contributed by atoms with Gasteiger partial charge < -0.3 is 4.74 Å². The van der Waals surface area contributed by atoms with E-state index in [4.69, 9.17) is 0 Å². The SMILES string of the molecule is O=C1OC(=O)[C@H]2[C@H]1[C@H]1C=C[C@H]2C12C[C@@H]2[C@@H]1CC(F)(F)C1(F)F. The Morgan fingerprint density at radius 2 is 1.45 bits per heavy atom. The molecule has 6 atom stereocenters. The summed E-state index contributed by atoms with van der Waals surface area (Å²) in [6.07, 6.45) is 3.17. The highest BCUT2D eigenvalue weighted by atomic mass is 19.3. The van der Waals surface area contributed by atoms with Crippen molar-refractivity contribution < 1.29 is 31.9 Å². The predicted octanol–water partition coefficient (Wildman–Crippen LogP) is 2.41. The molecule has 1 spiro atoms. The molecule has 0 radical (unpaired) electrons. The number of rotatable bonds is 1. The second-order valence-electron chi connectivity index (χ2n) is 7.29. The first-order valence-electron chi connectivity index (χ1n) is 7.41. The minimum atomic E-state index is -3.98. The number of carbonyl (C=O) groups excluding carboxylic acids is 2. The lowest BCUT2D eigenvalue weighted by atomic mass is 9.70. The number of carbonyl (C=O) groups is 2. The number of alkyl halides is 4. The molecule has 0 aromatic carbocycles. The molecule has 1 saturated heterocycles. The van der Waals surface area contributed by atoms with Crippen LogP contribution in [0.25, 0.3) is 0 Å². The van der Waals surface area contributed by atoms with E-state index in [2.05, 4.69) is 4.74 Å². The molecule has 1 aliphatic heterocycles. The average Bonchev–Trinajstić information content (AvgIpc) is 2.84. The molecular formula is C15H12F4O3. The van der Waals surface area contributed by atoms with Crippen LogP contribution in [-0.4, -0.2) is 23.8 Å². The molecule has 0 amide bonds. The van der Waals surface area contributed by atoms with E-state index >= 15 is 0 Å². The Kier molecular flexibility index (Phi) is 1.94. The van der Waals surface area contributed by atoms with Crippen LogP contribution in [0.5, 0.6) is 0 Å². The Bertz CT molecular complexity index is 625. The molecule has 0 aromatic heterocycles. The minimum Gasteiger partial charge on any atom is -0.393 e. The lowest BCUT2D eigenvalue weighted by molar-refractivity contribution is -0.320. The summed E-state index contributed by atoms with van der Waals surface area (Å²) in [6.45, 7) is 0. The van der Waals surface area contributed by atoms with Gasteiger partial charge in [-0.2, -0.15) is 17.6 Å². The third kappa shape index (κ3) is 1.09. The Hall–Kier alpha value is -1.40. The van der Waals surface area contributed by atoms with E-state index in [0.717, 1.165) is 0 Å². The first-order valence-corrected chi connectivity index (χ1v) is 7.41. The van der Waals surface area contributed by atoms with Gasteiger partial charge in [-0.15, -0.1) is 0 Å². The number of esters is 2. The van der Waals surface area contributed by atoms with Crippen LogP contribution in [0.4, 0.5) is 17.6 Å². The van der Waals surface area contributed by atoms with Crippen molar-refractivity contribution in [3.05, 3.63) is 12.2 Å². The van der Waals surface area contributed by atoms with E-state index in [0.29, 0.717) is 6.42 Å². The van der Waals surface area contributed by atoms with Crippen molar-refractivity contribution in [2.75, 3.05) is 0 Å². The van der Waals surface area contributed by atoms with Crippen LogP contribution in [0, 0.1) is 40.9 Å². The molecule has 2 bridgehead atoms. The van der Waals surface area contributed by atoms with E-state index in [1.165, 1.54) is 0 Å². The fourth-order valence-corrected chi connectivity index (χ4v) is 5.68. The summed E-state index contributed by atoms with van der Waals surface area (Å²) in [4.78, 5) is 23.6. The maximum absolute atomic E-state index is 13.7. The van der Waals surface area contributed by atoms with Crippen LogP contribution in [0.15, 0.2) is 12.2 Å². The van der Waals surface area contributed by atoms with Gasteiger partial charge in [0.2, 0.25) is 0 Å². The van der Waals surface area contributed by atoms with Crippen LogP contribution in [0.3, 0.4) is 0 Å². The van der Waals surface area contributed by atoms with Crippen molar-refractivity contribution in [3.63, 3.8) is 0 Å². The highest BCUT2D eigenvalue weighted by Gasteiger charge is 2.84. The highest BCUT2D eigenvalue weighted by molar-refractivity contribution is 5.98. The van der Waals surface area contributed by atoms with Crippen molar-refractivity contribution in [2.24, 2.45) is 40.9 Å². The zero-order chi connectivity index (χ0) is 15.7. The van der Waals surface area contributed by atoms with Gasteiger partial charge in [-0.05, 0) is 29.6 Å². The molecule has 5 aliphatic rings. The average molecular weight is 316 g/mol. The second kappa shape index (κ2) is 3.26.